The fourth-order valence-corrected chi connectivity index (χ4v) is 11.0. The number of hydrogen-bond donors (Lipinski definition) is 8. The molecule has 0 radical (unpaired) electrons. The highest BCUT2D eigenvalue weighted by atomic mass is 16.6. The van der Waals surface area contributed by atoms with Crippen molar-refractivity contribution in [3.63, 3.8) is 0 Å². The van der Waals surface area contributed by atoms with Crippen LogP contribution in [0.5, 0.6) is 11.5 Å². The number of phenols is 2. The highest BCUT2D eigenvalue weighted by Crippen LogP contribution is 2.47. The summed E-state index contributed by atoms with van der Waals surface area (Å²) in [6.45, 7) is 26.6. The van der Waals surface area contributed by atoms with Crippen LogP contribution >= 0.6 is 0 Å². The van der Waals surface area contributed by atoms with Gasteiger partial charge in [-0.1, -0.05) is 275 Å². The fraction of sp³-hybridized carbons (Fsp3) is 0.270. The maximum Gasteiger partial charge on any atom is 0.419 e. The van der Waals surface area contributed by atoms with Crippen molar-refractivity contribution in [2.24, 2.45) is 34.4 Å². The molecule has 17 heteroatoms. The average Bonchev–Trinajstić information content (AvgIpc) is 1.58. The molecule has 1 fully saturated rings. The predicted molar refractivity (Wildman–Crippen MR) is 425 cm³/mol. The van der Waals surface area contributed by atoms with Crippen LogP contribution in [0.2, 0.25) is 0 Å². The first-order valence-corrected chi connectivity index (χ1v) is 35.2. The quantitative estimate of drug-likeness (QED) is 0.0498. The lowest BCUT2D eigenvalue weighted by atomic mass is 9.92. The van der Waals surface area contributed by atoms with E-state index in [-0.39, 0.29) is 35.7 Å². The number of phenolic OH excluding ortho intramolecular Hbond substituents is 2. The van der Waals surface area contributed by atoms with Crippen LogP contribution in [-0.4, -0.2) is 62.0 Å². The Morgan fingerprint density at radius 1 is 0.340 bits per heavy atom. The first-order valence-electron chi connectivity index (χ1n) is 35.2. The second-order valence-corrected chi connectivity index (χ2v) is 28.7. The third kappa shape index (κ3) is 25.2. The van der Waals surface area contributed by atoms with E-state index in [9.17, 15) is 34.2 Å². The number of nitrogens with zero attached hydrogens (tertiary/aromatic N) is 2. The summed E-state index contributed by atoms with van der Waals surface area (Å²) in [4.78, 5) is 62.6. The second kappa shape index (κ2) is 39.3. The molecule has 0 aromatic heterocycles. The summed E-state index contributed by atoms with van der Waals surface area (Å²) in [6.07, 6.45) is 0.0660. The van der Waals surface area contributed by atoms with E-state index >= 15 is 0 Å². The van der Waals surface area contributed by atoms with Gasteiger partial charge < -0.3 is 54.1 Å². The zero-order valence-electron chi connectivity index (χ0n) is 63.5. The summed E-state index contributed by atoms with van der Waals surface area (Å²) in [7, 11) is 0. The Morgan fingerprint density at radius 2 is 0.547 bits per heavy atom. The van der Waals surface area contributed by atoms with Crippen LogP contribution in [0.15, 0.2) is 243 Å². The number of aryl methyl sites for hydroxylation is 8. The molecule has 0 bridgehead atoms. The molecule has 1 aliphatic rings. The molecule has 14 N–H and O–H groups in total. The number of benzene rings is 10. The molecular formula is C89H106N8O9. The summed E-state index contributed by atoms with van der Waals surface area (Å²) >= 11 is 0. The summed E-state index contributed by atoms with van der Waals surface area (Å²) in [5.74, 6) is 0.215. The minimum atomic E-state index is -0.826. The molecule has 1 aliphatic heterocycles. The van der Waals surface area contributed by atoms with E-state index in [1.54, 1.807) is 90.1 Å². The van der Waals surface area contributed by atoms with Crippen LogP contribution in [0.1, 0.15) is 200 Å². The molecule has 8 atom stereocenters. The van der Waals surface area contributed by atoms with Gasteiger partial charge in [0.2, 0.25) is 0 Å². The van der Waals surface area contributed by atoms with Gasteiger partial charge in [-0.25, -0.2) is 24.2 Å². The van der Waals surface area contributed by atoms with Crippen LogP contribution in [0, 0.1) is 55.4 Å². The minimum absolute atomic E-state index is 0.107. The Bertz CT molecular complexity index is 4030. The van der Waals surface area contributed by atoms with Gasteiger partial charge in [0.05, 0.1) is 24.2 Å². The average molecular weight is 1430 g/mol. The number of rotatable bonds is 13. The number of carbonyl (C=O) groups excluding carboxylic acids is 5. The third-order valence-electron chi connectivity index (χ3n) is 17.3. The molecule has 556 valence electrons. The van der Waals surface area contributed by atoms with Crippen molar-refractivity contribution in [3.8, 4) is 11.5 Å². The Labute approximate surface area is 626 Å². The Hall–Kier alpha value is -10.9. The number of aldehydes is 2. The molecule has 10 aromatic carbocycles. The Kier molecular flexibility index (Phi) is 31.2. The standard InChI is InChI=1S/C27H34N2O5.2C16H20N2.C14H16N2O2.2C8H8O/c1-17-9-13-19(14-10-17)21-22(20-15-11-18(2)12-16-20)29(25(32)34-27(6,7)8)23(30)28(21)24(31)33-26(3,4)5;2*1-11-3-7-13(8-4-11)15(17)16(18)14-9-5-12(2)6-10-14;15-13(9-5-1-3-7-11(9)17)14(16)10-6-2-4-8-12(10)18;2*1-7-2-4-8(6-9)5-3-7/h9-16,21-22H,1-8H3;2*3-10,15-16H,17-18H2,1-2H3;1-8,13-14,17-18H,15-16H2;2*2-6H,1H3/t21-,22+;2*15-,16+;13-,14+;;. The van der Waals surface area contributed by atoms with E-state index in [0.29, 0.717) is 22.3 Å². The molecule has 0 saturated carbocycles. The minimum Gasteiger partial charge on any atom is -0.508 e. The monoisotopic (exact) mass is 1430 g/mol. The highest BCUT2D eigenvalue weighted by Gasteiger charge is 2.55. The summed E-state index contributed by atoms with van der Waals surface area (Å²) < 4.78 is 11.2. The van der Waals surface area contributed by atoms with Gasteiger partial charge in [-0.3, -0.25) is 9.59 Å². The van der Waals surface area contributed by atoms with Gasteiger partial charge in [0.25, 0.3) is 0 Å². The highest BCUT2D eigenvalue weighted by molar-refractivity contribution is 6.02. The molecule has 1 saturated heterocycles. The van der Waals surface area contributed by atoms with E-state index in [0.717, 1.165) is 66.9 Å². The molecule has 4 amide bonds. The van der Waals surface area contributed by atoms with Gasteiger partial charge in [-0.2, -0.15) is 0 Å². The predicted octanol–water partition coefficient (Wildman–Crippen LogP) is 18.1. The largest absolute Gasteiger partial charge is 0.508 e. The maximum atomic E-state index is 13.7. The second-order valence-electron chi connectivity index (χ2n) is 28.7. The first-order chi connectivity index (χ1) is 50.1. The van der Waals surface area contributed by atoms with Crippen LogP contribution < -0.4 is 34.4 Å². The number of amides is 4. The summed E-state index contributed by atoms with van der Waals surface area (Å²) in [6, 6.07) is 72.3. The molecule has 11 rings (SSSR count). The van der Waals surface area contributed by atoms with Gasteiger partial charge in [0.1, 0.15) is 35.3 Å². The zero-order valence-corrected chi connectivity index (χ0v) is 63.5. The van der Waals surface area contributed by atoms with Gasteiger partial charge in [0.15, 0.2) is 0 Å². The number of ether oxygens (including phenoxy) is 2. The van der Waals surface area contributed by atoms with Crippen molar-refractivity contribution in [1.29, 1.82) is 0 Å². The van der Waals surface area contributed by atoms with Crippen LogP contribution in [0.25, 0.3) is 0 Å². The number of hydrogen-bond acceptors (Lipinski definition) is 15. The van der Waals surface area contributed by atoms with Crippen molar-refractivity contribution < 1.29 is 43.7 Å². The van der Waals surface area contributed by atoms with Crippen LogP contribution in [-0.2, 0) is 9.47 Å². The van der Waals surface area contributed by atoms with Crippen LogP contribution in [0.3, 0.4) is 0 Å². The smallest absolute Gasteiger partial charge is 0.419 e. The number of urea groups is 1. The fourth-order valence-electron chi connectivity index (χ4n) is 11.0. The van der Waals surface area contributed by atoms with Crippen molar-refractivity contribution in [2.45, 2.75) is 156 Å². The van der Waals surface area contributed by atoms with E-state index in [1.165, 1.54) is 33.4 Å². The van der Waals surface area contributed by atoms with Gasteiger partial charge in [0, 0.05) is 46.4 Å². The number of aromatic hydroxyl groups is 2. The normalized spacial score (nSPS) is 14.8. The lowest BCUT2D eigenvalue weighted by Gasteiger charge is -2.29. The lowest BCUT2D eigenvalue weighted by molar-refractivity contribution is 0.0283. The van der Waals surface area contributed by atoms with Crippen molar-refractivity contribution in [3.05, 3.63) is 343 Å². The zero-order chi connectivity index (χ0) is 78.2. The third-order valence-corrected chi connectivity index (χ3v) is 17.3. The van der Waals surface area contributed by atoms with Gasteiger partial charge in [-0.15, -0.1) is 0 Å². The SMILES string of the molecule is Cc1ccc(C=O)cc1.Cc1ccc(C=O)cc1.Cc1ccc([C@@H](N)[C@@H](N)c2ccc(C)cc2)cc1.Cc1ccc([C@@H](N)[C@@H](N)c2ccc(C)cc2)cc1.Cc1ccc([C@@H]2[C@H](c3ccc(C)cc3)N(C(=O)OC(C)(C)C)C(=O)N2C(=O)OC(C)(C)C)cc1.N[C@H](c1ccccc1O)[C@@H](N)c1ccccc1O. The number of para-hydroxylation sites is 2. The van der Waals surface area contributed by atoms with Crippen molar-refractivity contribution in [2.75, 3.05) is 0 Å². The maximum absolute atomic E-state index is 13.7. The summed E-state index contributed by atoms with van der Waals surface area (Å²) in [5.41, 5.74) is 53.1. The Balaban J connectivity index is 0.000000211. The van der Waals surface area contributed by atoms with Gasteiger partial charge >= 0.3 is 18.2 Å². The number of carbonyl (C=O) groups is 5. The van der Waals surface area contributed by atoms with E-state index in [1.807, 2.05) is 173 Å². The molecule has 0 spiro atoms. The number of nitrogens with two attached hydrogens (primary N) is 6. The van der Waals surface area contributed by atoms with Crippen molar-refractivity contribution in [1.82, 2.24) is 9.80 Å². The van der Waals surface area contributed by atoms with E-state index in [4.69, 9.17) is 43.9 Å². The van der Waals surface area contributed by atoms with E-state index < -0.39 is 53.6 Å². The topological polar surface area (TPSA) is 307 Å². The van der Waals surface area contributed by atoms with Crippen LogP contribution in [0.4, 0.5) is 14.4 Å². The lowest BCUT2D eigenvalue weighted by Crippen LogP contribution is -2.43. The molecule has 0 aliphatic carbocycles. The molecule has 1 heterocycles. The molecule has 17 nitrogen and oxygen atoms in total. The van der Waals surface area contributed by atoms with Crippen molar-refractivity contribution >= 4 is 30.8 Å². The first kappa shape index (κ1) is 84.1. The molecule has 10 aromatic rings. The molecule has 106 heavy (non-hydrogen) atoms. The number of imide groups is 2. The molecular weight excluding hydrogens is 1330 g/mol. The van der Waals surface area contributed by atoms with E-state index in [2.05, 4.69) is 76.2 Å². The summed E-state index contributed by atoms with van der Waals surface area (Å²) in [5, 5.41) is 19.5. The Morgan fingerprint density at radius 3 is 0.755 bits per heavy atom. The molecule has 0 unspecified atom stereocenters. The van der Waals surface area contributed by atoms with Gasteiger partial charge in [-0.05, 0) is 142 Å².